The monoisotopic (exact) mass is 281 g/mol. The van der Waals surface area contributed by atoms with Gasteiger partial charge in [-0.25, -0.2) is 0 Å². The van der Waals surface area contributed by atoms with Crippen LogP contribution in [0.2, 0.25) is 0 Å². The number of anilines is 1. The SMILES string of the molecule is O=C1C=CC(C(=O)Nc2ccc(-c3ccn[nH]3)cc2)N=N1. The number of amides is 2. The van der Waals surface area contributed by atoms with Crippen molar-refractivity contribution in [3.05, 3.63) is 48.7 Å². The number of carbonyl (C=O) groups excluding carboxylic acids is 2. The quantitative estimate of drug-likeness (QED) is 0.899. The Hall–Kier alpha value is -3.09. The fraction of sp³-hybridized carbons (Fsp3) is 0.0714. The van der Waals surface area contributed by atoms with Crippen molar-refractivity contribution < 1.29 is 9.59 Å². The van der Waals surface area contributed by atoms with E-state index in [9.17, 15) is 9.59 Å². The number of nitrogens with zero attached hydrogens (tertiary/aromatic N) is 3. The van der Waals surface area contributed by atoms with Gasteiger partial charge < -0.3 is 5.32 Å². The maximum atomic E-state index is 11.9. The molecule has 1 aromatic carbocycles. The summed E-state index contributed by atoms with van der Waals surface area (Å²) in [4.78, 5) is 22.8. The molecule has 21 heavy (non-hydrogen) atoms. The van der Waals surface area contributed by atoms with Crippen LogP contribution in [0.3, 0.4) is 0 Å². The molecule has 0 fully saturated rings. The van der Waals surface area contributed by atoms with E-state index in [-0.39, 0.29) is 5.91 Å². The summed E-state index contributed by atoms with van der Waals surface area (Å²) in [7, 11) is 0. The van der Waals surface area contributed by atoms with Gasteiger partial charge >= 0.3 is 0 Å². The minimum atomic E-state index is -0.769. The smallest absolute Gasteiger partial charge is 0.287 e. The third kappa shape index (κ3) is 2.92. The molecule has 0 saturated heterocycles. The van der Waals surface area contributed by atoms with Crippen LogP contribution >= 0.6 is 0 Å². The summed E-state index contributed by atoms with van der Waals surface area (Å²) in [5.74, 6) is -0.792. The highest BCUT2D eigenvalue weighted by molar-refractivity contribution is 5.99. The highest BCUT2D eigenvalue weighted by Crippen LogP contribution is 2.19. The summed E-state index contributed by atoms with van der Waals surface area (Å²) in [6.07, 6.45) is 4.33. The van der Waals surface area contributed by atoms with Crippen molar-refractivity contribution in [2.24, 2.45) is 10.2 Å². The predicted molar refractivity (Wildman–Crippen MR) is 75.4 cm³/mol. The van der Waals surface area contributed by atoms with Gasteiger partial charge in [-0.15, -0.1) is 5.11 Å². The molecule has 2 heterocycles. The summed E-state index contributed by atoms with van der Waals surface area (Å²) in [5.41, 5.74) is 2.51. The van der Waals surface area contributed by atoms with Crippen LogP contribution in [0.25, 0.3) is 11.3 Å². The van der Waals surface area contributed by atoms with Gasteiger partial charge in [0.2, 0.25) is 0 Å². The first-order chi connectivity index (χ1) is 10.2. The fourth-order valence-corrected chi connectivity index (χ4v) is 1.87. The van der Waals surface area contributed by atoms with E-state index in [1.54, 1.807) is 18.3 Å². The van der Waals surface area contributed by atoms with Gasteiger partial charge in [0.1, 0.15) is 0 Å². The first-order valence-electron chi connectivity index (χ1n) is 6.26. The minimum absolute atomic E-state index is 0.336. The molecular formula is C14H11N5O2. The molecule has 0 saturated carbocycles. The van der Waals surface area contributed by atoms with Gasteiger partial charge in [0.15, 0.2) is 6.04 Å². The van der Waals surface area contributed by atoms with Crippen molar-refractivity contribution in [2.45, 2.75) is 6.04 Å². The Bertz CT molecular complexity index is 700. The first-order valence-corrected chi connectivity index (χ1v) is 6.26. The minimum Gasteiger partial charge on any atom is -0.324 e. The normalized spacial score (nSPS) is 17.0. The summed E-state index contributed by atoms with van der Waals surface area (Å²) in [5, 5.41) is 16.4. The lowest BCUT2D eigenvalue weighted by Gasteiger charge is -2.10. The molecule has 0 bridgehead atoms. The van der Waals surface area contributed by atoms with Crippen molar-refractivity contribution in [3.63, 3.8) is 0 Å². The number of benzene rings is 1. The van der Waals surface area contributed by atoms with E-state index < -0.39 is 11.9 Å². The molecule has 1 aliphatic rings. The van der Waals surface area contributed by atoms with E-state index in [1.165, 1.54) is 12.2 Å². The Balaban J connectivity index is 1.68. The van der Waals surface area contributed by atoms with Crippen LogP contribution in [0.1, 0.15) is 0 Å². The van der Waals surface area contributed by atoms with Gasteiger partial charge in [0.05, 0.1) is 5.69 Å². The average molecular weight is 281 g/mol. The number of hydrogen-bond donors (Lipinski definition) is 2. The molecule has 1 unspecified atom stereocenters. The van der Waals surface area contributed by atoms with Crippen molar-refractivity contribution in [2.75, 3.05) is 5.32 Å². The van der Waals surface area contributed by atoms with Crippen LogP contribution in [0.4, 0.5) is 5.69 Å². The highest BCUT2D eigenvalue weighted by Gasteiger charge is 2.18. The summed E-state index contributed by atoms with van der Waals surface area (Å²) in [6.45, 7) is 0. The number of rotatable bonds is 3. The van der Waals surface area contributed by atoms with Gasteiger partial charge in [-0.1, -0.05) is 12.1 Å². The number of aromatic amines is 1. The zero-order valence-corrected chi connectivity index (χ0v) is 10.9. The molecule has 7 heteroatoms. The van der Waals surface area contributed by atoms with Gasteiger partial charge in [0.25, 0.3) is 11.8 Å². The summed E-state index contributed by atoms with van der Waals surface area (Å²) < 4.78 is 0. The van der Waals surface area contributed by atoms with E-state index in [4.69, 9.17) is 0 Å². The van der Waals surface area contributed by atoms with Gasteiger partial charge in [-0.2, -0.15) is 10.2 Å². The van der Waals surface area contributed by atoms with Gasteiger partial charge in [0, 0.05) is 18.0 Å². The molecule has 1 atom stereocenters. The number of aromatic nitrogens is 2. The Morgan fingerprint density at radius 1 is 1.19 bits per heavy atom. The Morgan fingerprint density at radius 2 is 2.00 bits per heavy atom. The molecule has 1 aromatic heterocycles. The van der Waals surface area contributed by atoms with Crippen LogP contribution in [-0.2, 0) is 9.59 Å². The van der Waals surface area contributed by atoms with Gasteiger partial charge in [-0.05, 0) is 29.8 Å². The largest absolute Gasteiger partial charge is 0.324 e. The topological polar surface area (TPSA) is 99.6 Å². The van der Waals surface area contributed by atoms with Crippen LogP contribution in [0.5, 0.6) is 0 Å². The van der Waals surface area contributed by atoms with Crippen LogP contribution in [-0.4, -0.2) is 28.1 Å². The van der Waals surface area contributed by atoms with Crippen LogP contribution < -0.4 is 5.32 Å². The first kappa shape index (κ1) is 12.9. The molecule has 3 rings (SSSR count). The number of azo groups is 1. The Labute approximate surface area is 119 Å². The molecule has 2 amide bonds. The van der Waals surface area contributed by atoms with E-state index in [0.29, 0.717) is 5.69 Å². The second kappa shape index (κ2) is 5.49. The fourth-order valence-electron chi connectivity index (χ4n) is 1.87. The van der Waals surface area contributed by atoms with E-state index in [0.717, 1.165) is 11.3 Å². The highest BCUT2D eigenvalue weighted by atomic mass is 16.2. The maximum absolute atomic E-state index is 11.9. The van der Waals surface area contributed by atoms with Crippen molar-refractivity contribution >= 4 is 17.5 Å². The number of hydrogen-bond acceptors (Lipinski definition) is 4. The van der Waals surface area contributed by atoms with Crippen molar-refractivity contribution in [1.82, 2.24) is 10.2 Å². The zero-order valence-electron chi connectivity index (χ0n) is 10.9. The average Bonchev–Trinajstić information content (AvgIpc) is 3.03. The van der Waals surface area contributed by atoms with Crippen LogP contribution in [0, 0.1) is 0 Å². The van der Waals surface area contributed by atoms with E-state index >= 15 is 0 Å². The van der Waals surface area contributed by atoms with Gasteiger partial charge in [-0.3, -0.25) is 14.7 Å². The Kier molecular flexibility index (Phi) is 3.38. The molecule has 0 aliphatic carbocycles. The summed E-state index contributed by atoms with van der Waals surface area (Å²) >= 11 is 0. The number of nitrogens with one attached hydrogen (secondary N) is 2. The predicted octanol–water partition coefficient (Wildman–Crippen LogP) is 1.93. The Morgan fingerprint density at radius 3 is 2.62 bits per heavy atom. The molecule has 1 aliphatic heterocycles. The molecule has 2 aromatic rings. The molecule has 0 radical (unpaired) electrons. The van der Waals surface area contributed by atoms with Crippen molar-refractivity contribution in [1.29, 1.82) is 0 Å². The van der Waals surface area contributed by atoms with Crippen LogP contribution in [0.15, 0.2) is 58.9 Å². The second-order valence-corrected chi connectivity index (χ2v) is 4.39. The summed E-state index contributed by atoms with van der Waals surface area (Å²) in [6, 6.07) is 8.38. The second-order valence-electron chi connectivity index (χ2n) is 4.39. The lowest BCUT2D eigenvalue weighted by Crippen LogP contribution is -2.25. The number of H-pyrrole nitrogens is 1. The molecule has 2 N–H and O–H groups in total. The van der Waals surface area contributed by atoms with E-state index in [1.807, 2.05) is 18.2 Å². The van der Waals surface area contributed by atoms with E-state index in [2.05, 4.69) is 25.7 Å². The van der Waals surface area contributed by atoms with Crippen molar-refractivity contribution in [3.8, 4) is 11.3 Å². The lowest BCUT2D eigenvalue weighted by atomic mass is 10.1. The molecular weight excluding hydrogens is 270 g/mol. The molecule has 0 spiro atoms. The standard InChI is InChI=1S/C14H11N5O2/c20-13-6-5-12(18-19-13)14(21)16-10-3-1-9(2-4-10)11-7-8-15-17-11/h1-8,12H,(H,15,17)(H,16,21). The molecule has 104 valence electrons. The third-order valence-corrected chi connectivity index (χ3v) is 2.93. The maximum Gasteiger partial charge on any atom is 0.287 e. The molecule has 7 nitrogen and oxygen atoms in total. The zero-order chi connectivity index (χ0) is 14.7. The third-order valence-electron chi connectivity index (χ3n) is 2.93. The lowest BCUT2D eigenvalue weighted by molar-refractivity contribution is -0.117. The number of carbonyl (C=O) groups is 2.